The molecule has 0 radical (unpaired) electrons. The molecule has 0 bridgehead atoms. The Bertz CT molecular complexity index is 1110. The summed E-state index contributed by atoms with van der Waals surface area (Å²) in [5, 5.41) is 12.9. The highest BCUT2D eigenvalue weighted by molar-refractivity contribution is 5.84. The first-order valence-corrected chi connectivity index (χ1v) is 10.2. The van der Waals surface area contributed by atoms with E-state index in [4.69, 9.17) is 9.72 Å². The summed E-state index contributed by atoms with van der Waals surface area (Å²) in [6.07, 6.45) is -0.607. The van der Waals surface area contributed by atoms with Crippen molar-refractivity contribution in [3.05, 3.63) is 65.2 Å². The van der Waals surface area contributed by atoms with Crippen LogP contribution in [0.15, 0.2) is 48.5 Å². The number of alkyl carbamates (subject to hydrolysis) is 1. The molecule has 0 saturated heterocycles. The van der Waals surface area contributed by atoms with Gasteiger partial charge in [-0.2, -0.15) is 0 Å². The third-order valence-corrected chi connectivity index (χ3v) is 4.92. The van der Waals surface area contributed by atoms with E-state index in [1.807, 2.05) is 36.4 Å². The molecule has 1 amide bonds. The zero-order chi connectivity index (χ0) is 22.8. The van der Waals surface area contributed by atoms with Gasteiger partial charge in [0, 0.05) is 17.4 Å². The average Bonchev–Trinajstić information content (AvgIpc) is 2.65. The number of carboxylic acid groups (broad SMARTS) is 1. The fourth-order valence-electron chi connectivity index (χ4n) is 3.55. The molecule has 1 atom stereocenters. The second-order valence-corrected chi connectivity index (χ2v) is 8.73. The Morgan fingerprint density at radius 2 is 1.74 bits per heavy atom. The van der Waals surface area contributed by atoms with Crippen LogP contribution in [-0.2, 0) is 16.0 Å². The molecule has 6 nitrogen and oxygen atoms in total. The van der Waals surface area contributed by atoms with Crippen molar-refractivity contribution in [2.75, 3.05) is 0 Å². The number of hydrogen-bond donors (Lipinski definition) is 2. The molecule has 1 heterocycles. The van der Waals surface area contributed by atoms with E-state index < -0.39 is 23.7 Å². The standard InChI is InChI=1S/C25H28N2O4/c1-15-7-6-8-16(2)22(15)20-12-10-18-13-17(9-11-19(18)26-20)14-21(23(28)29)27-24(30)31-25(3,4)5/h6-13,21H,14H2,1-5H3,(H,27,30)(H,28,29)/t21-/m0/s1. The topological polar surface area (TPSA) is 88.5 Å². The first kappa shape index (κ1) is 22.3. The number of rotatable bonds is 5. The summed E-state index contributed by atoms with van der Waals surface area (Å²) in [6, 6.07) is 14.7. The van der Waals surface area contributed by atoms with Crippen LogP contribution in [0.5, 0.6) is 0 Å². The number of benzene rings is 2. The quantitative estimate of drug-likeness (QED) is 0.604. The molecule has 0 spiro atoms. The molecular formula is C25H28N2O4. The summed E-state index contributed by atoms with van der Waals surface area (Å²) >= 11 is 0. The van der Waals surface area contributed by atoms with Crippen molar-refractivity contribution in [3.63, 3.8) is 0 Å². The monoisotopic (exact) mass is 420 g/mol. The lowest BCUT2D eigenvalue weighted by Crippen LogP contribution is -2.44. The normalized spacial score (nSPS) is 12.4. The fourth-order valence-corrected chi connectivity index (χ4v) is 3.55. The SMILES string of the molecule is Cc1cccc(C)c1-c1ccc2cc(C[C@H](NC(=O)OC(C)(C)C)C(=O)O)ccc2n1. The molecule has 0 fully saturated rings. The van der Waals surface area contributed by atoms with Crippen molar-refractivity contribution in [3.8, 4) is 11.3 Å². The van der Waals surface area contributed by atoms with Gasteiger partial charge in [-0.15, -0.1) is 0 Å². The molecule has 0 aliphatic rings. The van der Waals surface area contributed by atoms with Gasteiger partial charge in [-0.25, -0.2) is 14.6 Å². The molecule has 0 saturated carbocycles. The number of ether oxygens (including phenoxy) is 1. The number of aliphatic carboxylic acids is 1. The molecule has 31 heavy (non-hydrogen) atoms. The van der Waals surface area contributed by atoms with E-state index in [1.54, 1.807) is 20.8 Å². The van der Waals surface area contributed by atoms with Crippen LogP contribution < -0.4 is 5.32 Å². The number of aryl methyl sites for hydroxylation is 2. The van der Waals surface area contributed by atoms with Crippen LogP contribution in [0.25, 0.3) is 22.2 Å². The molecule has 2 N–H and O–H groups in total. The molecular weight excluding hydrogens is 392 g/mol. The van der Waals surface area contributed by atoms with Crippen LogP contribution in [0.4, 0.5) is 4.79 Å². The summed E-state index contributed by atoms with van der Waals surface area (Å²) in [6.45, 7) is 9.32. The molecule has 1 aromatic heterocycles. The summed E-state index contributed by atoms with van der Waals surface area (Å²) in [4.78, 5) is 28.5. The molecule has 2 aromatic carbocycles. The Hall–Kier alpha value is -3.41. The Labute approximate surface area is 182 Å². The number of carbonyl (C=O) groups excluding carboxylic acids is 1. The fraction of sp³-hybridized carbons (Fsp3) is 0.320. The lowest BCUT2D eigenvalue weighted by molar-refractivity contribution is -0.139. The maximum atomic E-state index is 12.0. The number of amides is 1. The molecule has 3 aromatic rings. The van der Waals surface area contributed by atoms with Crippen LogP contribution in [0.3, 0.4) is 0 Å². The van der Waals surface area contributed by atoms with Crippen LogP contribution in [0.2, 0.25) is 0 Å². The Kier molecular flexibility index (Phi) is 6.29. The number of carboxylic acids is 1. The van der Waals surface area contributed by atoms with E-state index >= 15 is 0 Å². The van der Waals surface area contributed by atoms with Gasteiger partial charge in [-0.1, -0.05) is 30.3 Å². The third kappa shape index (κ3) is 5.60. The van der Waals surface area contributed by atoms with E-state index in [0.717, 1.165) is 27.7 Å². The van der Waals surface area contributed by atoms with E-state index in [9.17, 15) is 14.7 Å². The minimum absolute atomic E-state index is 0.142. The smallest absolute Gasteiger partial charge is 0.408 e. The largest absolute Gasteiger partial charge is 0.480 e. The predicted octanol–water partition coefficient (Wildman–Crippen LogP) is 5.04. The van der Waals surface area contributed by atoms with E-state index in [1.165, 1.54) is 11.1 Å². The van der Waals surface area contributed by atoms with Gasteiger partial charge in [-0.05, 0) is 69.5 Å². The van der Waals surface area contributed by atoms with Gasteiger partial charge < -0.3 is 15.2 Å². The van der Waals surface area contributed by atoms with Crippen molar-refractivity contribution in [2.24, 2.45) is 0 Å². The Balaban J connectivity index is 1.83. The first-order valence-electron chi connectivity index (χ1n) is 10.2. The highest BCUT2D eigenvalue weighted by Crippen LogP contribution is 2.27. The minimum Gasteiger partial charge on any atom is -0.480 e. The van der Waals surface area contributed by atoms with E-state index in [0.29, 0.717) is 0 Å². The first-order chi connectivity index (χ1) is 14.5. The molecule has 3 rings (SSSR count). The molecule has 0 aliphatic carbocycles. The number of nitrogens with one attached hydrogen (secondary N) is 1. The number of pyridine rings is 1. The molecule has 0 aliphatic heterocycles. The van der Waals surface area contributed by atoms with Crippen LogP contribution in [0.1, 0.15) is 37.5 Å². The summed E-state index contributed by atoms with van der Waals surface area (Å²) in [5.41, 5.74) is 5.29. The summed E-state index contributed by atoms with van der Waals surface area (Å²) in [7, 11) is 0. The van der Waals surface area contributed by atoms with Gasteiger partial charge in [0.2, 0.25) is 0 Å². The van der Waals surface area contributed by atoms with Gasteiger partial charge in [0.05, 0.1) is 11.2 Å². The van der Waals surface area contributed by atoms with Crippen LogP contribution in [0, 0.1) is 13.8 Å². The second-order valence-electron chi connectivity index (χ2n) is 8.73. The summed E-state index contributed by atoms with van der Waals surface area (Å²) < 4.78 is 5.18. The van der Waals surface area contributed by atoms with Gasteiger partial charge in [0.1, 0.15) is 11.6 Å². The number of hydrogen-bond acceptors (Lipinski definition) is 4. The highest BCUT2D eigenvalue weighted by atomic mass is 16.6. The number of nitrogens with zero attached hydrogens (tertiary/aromatic N) is 1. The second kappa shape index (κ2) is 8.76. The van der Waals surface area contributed by atoms with E-state index in [-0.39, 0.29) is 6.42 Å². The van der Waals surface area contributed by atoms with Crippen LogP contribution >= 0.6 is 0 Å². The zero-order valence-electron chi connectivity index (χ0n) is 18.5. The number of aromatic nitrogens is 1. The van der Waals surface area contributed by atoms with Gasteiger partial charge in [0.25, 0.3) is 0 Å². The maximum Gasteiger partial charge on any atom is 0.408 e. The predicted molar refractivity (Wildman–Crippen MR) is 121 cm³/mol. The van der Waals surface area contributed by atoms with Crippen LogP contribution in [-0.4, -0.2) is 33.8 Å². The molecule has 162 valence electrons. The number of fused-ring (bicyclic) bond motifs is 1. The van der Waals surface area contributed by atoms with Crippen molar-refractivity contribution in [1.29, 1.82) is 0 Å². The third-order valence-electron chi connectivity index (χ3n) is 4.92. The van der Waals surface area contributed by atoms with Crippen molar-refractivity contribution >= 4 is 23.0 Å². The van der Waals surface area contributed by atoms with Crippen molar-refractivity contribution in [2.45, 2.75) is 52.7 Å². The lowest BCUT2D eigenvalue weighted by Gasteiger charge is -2.22. The Morgan fingerprint density at radius 1 is 1.06 bits per heavy atom. The van der Waals surface area contributed by atoms with Gasteiger partial charge in [-0.3, -0.25) is 0 Å². The highest BCUT2D eigenvalue weighted by Gasteiger charge is 2.24. The average molecular weight is 421 g/mol. The van der Waals surface area contributed by atoms with E-state index in [2.05, 4.69) is 31.3 Å². The van der Waals surface area contributed by atoms with Gasteiger partial charge >= 0.3 is 12.1 Å². The van der Waals surface area contributed by atoms with Gasteiger partial charge in [0.15, 0.2) is 0 Å². The molecule has 6 heteroatoms. The maximum absolute atomic E-state index is 12.0. The Morgan fingerprint density at radius 3 is 2.35 bits per heavy atom. The zero-order valence-corrected chi connectivity index (χ0v) is 18.5. The number of carbonyl (C=O) groups is 2. The summed E-state index contributed by atoms with van der Waals surface area (Å²) in [5.74, 6) is -1.12. The van der Waals surface area contributed by atoms with Crippen molar-refractivity contribution < 1.29 is 19.4 Å². The molecule has 0 unspecified atom stereocenters. The van der Waals surface area contributed by atoms with Crippen molar-refractivity contribution in [1.82, 2.24) is 10.3 Å². The lowest BCUT2D eigenvalue weighted by atomic mass is 9.98. The minimum atomic E-state index is -1.12.